The number of aromatic nitrogens is 1. The molecule has 1 amide bonds. The van der Waals surface area contributed by atoms with Gasteiger partial charge in [0.15, 0.2) is 0 Å². The van der Waals surface area contributed by atoms with E-state index in [1.807, 2.05) is 61.5 Å². The molecular weight excluding hydrogens is 376 g/mol. The van der Waals surface area contributed by atoms with Crippen LogP contribution in [0.2, 0.25) is 0 Å². The maximum atomic E-state index is 12.7. The Morgan fingerprint density at radius 3 is 2.10 bits per heavy atom. The van der Waals surface area contributed by atoms with E-state index < -0.39 is 0 Å². The maximum absolute atomic E-state index is 12.7. The van der Waals surface area contributed by atoms with Crippen LogP contribution in [-0.4, -0.2) is 10.9 Å². The molecule has 0 spiro atoms. The van der Waals surface area contributed by atoms with Gasteiger partial charge in [0.1, 0.15) is 5.01 Å². The van der Waals surface area contributed by atoms with E-state index in [9.17, 15) is 4.79 Å². The Morgan fingerprint density at radius 2 is 1.45 bits per heavy atom. The number of anilines is 1. The molecule has 0 aliphatic rings. The second kappa shape index (κ2) is 8.41. The van der Waals surface area contributed by atoms with Crippen molar-refractivity contribution in [1.82, 2.24) is 4.98 Å². The summed E-state index contributed by atoms with van der Waals surface area (Å²) in [5.74, 6) is -0.0628. The summed E-state index contributed by atoms with van der Waals surface area (Å²) in [5.41, 5.74) is 6.14. The second-order valence-electron chi connectivity index (χ2n) is 7.12. The van der Waals surface area contributed by atoms with E-state index in [4.69, 9.17) is 4.98 Å². The molecule has 0 bridgehead atoms. The van der Waals surface area contributed by atoms with Crippen molar-refractivity contribution in [3.8, 4) is 21.0 Å². The van der Waals surface area contributed by atoms with Crippen LogP contribution < -0.4 is 5.32 Å². The van der Waals surface area contributed by atoms with Gasteiger partial charge in [0, 0.05) is 11.3 Å². The zero-order valence-electron chi connectivity index (χ0n) is 16.5. The molecule has 1 N–H and O–H groups in total. The van der Waals surface area contributed by atoms with Crippen LogP contribution >= 0.6 is 11.3 Å². The number of hydrogen-bond donors (Lipinski definition) is 1. The summed E-state index contributed by atoms with van der Waals surface area (Å²) >= 11 is 1.63. The Labute approximate surface area is 175 Å². The van der Waals surface area contributed by atoms with Gasteiger partial charge in [-0.2, -0.15) is 0 Å². The molecule has 0 unspecified atom stereocenters. The number of nitrogens with zero attached hydrogens (tertiary/aromatic N) is 1. The number of aryl methyl sites for hydroxylation is 2. The van der Waals surface area contributed by atoms with Crippen molar-refractivity contribution < 1.29 is 4.79 Å². The van der Waals surface area contributed by atoms with Crippen LogP contribution in [0.4, 0.5) is 5.69 Å². The molecule has 4 rings (SSSR count). The number of benzene rings is 3. The monoisotopic (exact) mass is 398 g/mol. The molecule has 144 valence electrons. The average Bonchev–Trinajstić information content (AvgIpc) is 3.14. The minimum Gasteiger partial charge on any atom is -0.326 e. The zero-order valence-corrected chi connectivity index (χ0v) is 17.3. The topological polar surface area (TPSA) is 42.0 Å². The van der Waals surface area contributed by atoms with E-state index >= 15 is 0 Å². The lowest BCUT2D eigenvalue weighted by Crippen LogP contribution is -2.15. The molecule has 3 aromatic carbocycles. The predicted molar refractivity (Wildman–Crippen MR) is 121 cm³/mol. The minimum absolute atomic E-state index is 0.0628. The average molecular weight is 399 g/mol. The molecule has 1 aromatic heterocycles. The first-order valence-electron chi connectivity index (χ1n) is 9.57. The molecule has 0 fully saturated rings. The number of amides is 1. The van der Waals surface area contributed by atoms with Crippen molar-refractivity contribution in [3.05, 3.63) is 95.7 Å². The lowest BCUT2D eigenvalue weighted by molar-refractivity contribution is -0.115. The summed E-state index contributed by atoms with van der Waals surface area (Å²) in [6.45, 7) is 4.10. The van der Waals surface area contributed by atoms with E-state index in [2.05, 4.69) is 36.5 Å². The molecule has 3 nitrogen and oxygen atoms in total. The molecule has 29 heavy (non-hydrogen) atoms. The van der Waals surface area contributed by atoms with Crippen molar-refractivity contribution >= 4 is 22.9 Å². The largest absolute Gasteiger partial charge is 0.326 e. The number of carbonyl (C=O) groups is 1. The Hall–Kier alpha value is -3.24. The Bertz CT molecular complexity index is 1110. The van der Waals surface area contributed by atoms with Crippen molar-refractivity contribution in [3.63, 3.8) is 0 Å². The molecular formula is C25H22N2OS. The van der Waals surface area contributed by atoms with Crippen molar-refractivity contribution in [1.29, 1.82) is 0 Å². The van der Waals surface area contributed by atoms with Gasteiger partial charge < -0.3 is 5.32 Å². The van der Waals surface area contributed by atoms with Gasteiger partial charge in [-0.1, -0.05) is 77.9 Å². The highest BCUT2D eigenvalue weighted by Gasteiger charge is 2.17. The summed E-state index contributed by atoms with van der Waals surface area (Å²) in [7, 11) is 0. The third kappa shape index (κ3) is 4.61. The first-order valence-corrected chi connectivity index (χ1v) is 10.4. The van der Waals surface area contributed by atoms with E-state index in [0.29, 0.717) is 0 Å². The second-order valence-corrected chi connectivity index (χ2v) is 8.12. The first-order chi connectivity index (χ1) is 14.1. The highest BCUT2D eigenvalue weighted by atomic mass is 32.1. The van der Waals surface area contributed by atoms with Crippen molar-refractivity contribution in [2.45, 2.75) is 20.3 Å². The zero-order chi connectivity index (χ0) is 20.2. The smallest absolute Gasteiger partial charge is 0.230 e. The number of hydrogen-bond acceptors (Lipinski definition) is 3. The summed E-state index contributed by atoms with van der Waals surface area (Å²) in [6, 6.07) is 26.3. The highest BCUT2D eigenvalue weighted by molar-refractivity contribution is 7.18. The summed E-state index contributed by atoms with van der Waals surface area (Å²) in [4.78, 5) is 18.6. The third-order valence-corrected chi connectivity index (χ3v) is 5.89. The fourth-order valence-electron chi connectivity index (χ4n) is 3.10. The van der Waals surface area contributed by atoms with Gasteiger partial charge in [-0.3, -0.25) is 4.79 Å². The molecule has 4 heteroatoms. The van der Waals surface area contributed by atoms with Gasteiger partial charge >= 0.3 is 0 Å². The van der Waals surface area contributed by atoms with Crippen molar-refractivity contribution in [2.24, 2.45) is 0 Å². The summed E-state index contributed by atoms with van der Waals surface area (Å²) < 4.78 is 0. The standard InChI is InChI=1S/C25H22N2OS/c1-17-8-12-19(13-9-17)24-22(27-25(29-24)20-6-4-3-5-7-20)16-23(28)26-21-14-10-18(2)11-15-21/h3-15H,16H2,1-2H3,(H,26,28). The van der Waals surface area contributed by atoms with E-state index in [1.54, 1.807) is 11.3 Å². The van der Waals surface area contributed by atoms with E-state index in [1.165, 1.54) is 5.56 Å². The number of nitrogens with one attached hydrogen (secondary N) is 1. The van der Waals surface area contributed by atoms with Crippen LogP contribution in [0.3, 0.4) is 0 Å². The SMILES string of the molecule is Cc1ccc(NC(=O)Cc2nc(-c3ccccc3)sc2-c2ccc(C)cc2)cc1. The number of rotatable bonds is 5. The molecule has 0 aliphatic carbocycles. The molecule has 0 saturated heterocycles. The minimum atomic E-state index is -0.0628. The lowest BCUT2D eigenvalue weighted by Gasteiger charge is -2.06. The fourth-order valence-corrected chi connectivity index (χ4v) is 4.19. The third-order valence-electron chi connectivity index (χ3n) is 4.70. The number of thiazole rings is 1. The Morgan fingerprint density at radius 1 is 0.828 bits per heavy atom. The quantitative estimate of drug-likeness (QED) is 0.430. The highest BCUT2D eigenvalue weighted by Crippen LogP contribution is 2.36. The normalized spacial score (nSPS) is 10.7. The van der Waals surface area contributed by atoms with Crippen LogP contribution in [0, 0.1) is 13.8 Å². The van der Waals surface area contributed by atoms with Gasteiger partial charge in [-0.05, 0) is 31.5 Å². The first kappa shape index (κ1) is 19.1. The fraction of sp³-hybridized carbons (Fsp3) is 0.120. The van der Waals surface area contributed by atoms with Gasteiger partial charge in [0.05, 0.1) is 17.0 Å². The van der Waals surface area contributed by atoms with E-state index in [-0.39, 0.29) is 12.3 Å². The molecule has 1 heterocycles. The van der Waals surface area contributed by atoms with Crippen LogP contribution in [-0.2, 0) is 11.2 Å². The lowest BCUT2D eigenvalue weighted by atomic mass is 10.1. The maximum Gasteiger partial charge on any atom is 0.230 e. The summed E-state index contributed by atoms with van der Waals surface area (Å²) in [6.07, 6.45) is 0.237. The van der Waals surface area contributed by atoms with Gasteiger partial charge in [0.25, 0.3) is 0 Å². The molecule has 4 aromatic rings. The van der Waals surface area contributed by atoms with Crippen LogP contribution in [0.25, 0.3) is 21.0 Å². The van der Waals surface area contributed by atoms with Gasteiger partial charge in [-0.15, -0.1) is 11.3 Å². The van der Waals surface area contributed by atoms with Crippen molar-refractivity contribution in [2.75, 3.05) is 5.32 Å². The van der Waals surface area contributed by atoms with E-state index in [0.717, 1.165) is 38.0 Å². The van der Waals surface area contributed by atoms with Gasteiger partial charge in [0.2, 0.25) is 5.91 Å². The number of carbonyl (C=O) groups excluding carboxylic acids is 1. The molecule has 0 radical (unpaired) electrons. The Kier molecular flexibility index (Phi) is 5.54. The molecule has 0 saturated carbocycles. The predicted octanol–water partition coefficient (Wildman–Crippen LogP) is 6.28. The van der Waals surface area contributed by atoms with Crippen LogP contribution in [0.1, 0.15) is 16.8 Å². The van der Waals surface area contributed by atoms with Gasteiger partial charge in [-0.25, -0.2) is 4.98 Å². The van der Waals surface area contributed by atoms with Crippen LogP contribution in [0.5, 0.6) is 0 Å². The molecule has 0 aliphatic heterocycles. The molecule has 0 atom stereocenters. The van der Waals surface area contributed by atoms with Crippen LogP contribution in [0.15, 0.2) is 78.9 Å². The summed E-state index contributed by atoms with van der Waals surface area (Å²) in [5, 5.41) is 3.91. The Balaban J connectivity index is 1.65.